The fraction of sp³-hybridized carbons (Fsp3) is 0.259. The second-order valence-electron chi connectivity index (χ2n) is 8.45. The fourth-order valence-corrected chi connectivity index (χ4v) is 4.57. The molecular formula is C27H26BrNO3. The summed E-state index contributed by atoms with van der Waals surface area (Å²) in [6.45, 7) is 4.45. The van der Waals surface area contributed by atoms with E-state index in [0.29, 0.717) is 23.4 Å². The monoisotopic (exact) mass is 491 g/mol. The molecule has 0 saturated carbocycles. The summed E-state index contributed by atoms with van der Waals surface area (Å²) in [7, 11) is 0. The molecule has 4 nitrogen and oxygen atoms in total. The van der Waals surface area contributed by atoms with E-state index in [2.05, 4.69) is 22.9 Å². The minimum absolute atomic E-state index is 0.257. The van der Waals surface area contributed by atoms with Crippen LogP contribution in [0.2, 0.25) is 0 Å². The zero-order chi connectivity index (χ0) is 22.9. The smallest absolute Gasteiger partial charge is 0.264 e. The number of carbonyl (C=O) groups excluding carboxylic acids is 2. The Morgan fingerprint density at radius 2 is 1.66 bits per heavy atom. The van der Waals surface area contributed by atoms with Crippen molar-refractivity contribution in [1.29, 1.82) is 0 Å². The number of fused-ring (bicyclic) bond motifs is 1. The third-order valence-corrected chi connectivity index (χ3v) is 6.48. The predicted octanol–water partition coefficient (Wildman–Crippen LogP) is 5.72. The summed E-state index contributed by atoms with van der Waals surface area (Å²) in [5.74, 6) is -0.728. The minimum atomic E-state index is -1.90. The molecular weight excluding hydrogens is 466 g/mol. The summed E-state index contributed by atoms with van der Waals surface area (Å²) in [5, 5.41) is 11.6. The Hall–Kier alpha value is -2.76. The Balaban J connectivity index is 1.65. The maximum atomic E-state index is 13.5. The molecule has 1 aliphatic heterocycles. The second-order valence-corrected chi connectivity index (χ2v) is 9.36. The van der Waals surface area contributed by atoms with Gasteiger partial charge >= 0.3 is 0 Å². The van der Waals surface area contributed by atoms with Crippen LogP contribution in [0.25, 0.3) is 0 Å². The van der Waals surface area contributed by atoms with Gasteiger partial charge in [0.2, 0.25) is 0 Å². The highest BCUT2D eigenvalue weighted by molar-refractivity contribution is 9.10. The van der Waals surface area contributed by atoms with Gasteiger partial charge in [-0.05, 0) is 42.7 Å². The van der Waals surface area contributed by atoms with Crippen molar-refractivity contribution in [3.63, 3.8) is 0 Å². The van der Waals surface area contributed by atoms with Crippen molar-refractivity contribution in [2.24, 2.45) is 0 Å². The van der Waals surface area contributed by atoms with Gasteiger partial charge in [0.25, 0.3) is 5.91 Å². The largest absolute Gasteiger partial charge is 0.375 e. The number of rotatable bonds is 7. The number of anilines is 1. The van der Waals surface area contributed by atoms with Crippen molar-refractivity contribution >= 4 is 33.3 Å². The molecule has 0 aliphatic carbocycles. The molecule has 0 fully saturated rings. The van der Waals surface area contributed by atoms with Crippen LogP contribution in [-0.2, 0) is 23.4 Å². The Kier molecular flexibility index (Phi) is 6.31. The predicted molar refractivity (Wildman–Crippen MR) is 130 cm³/mol. The van der Waals surface area contributed by atoms with Crippen LogP contribution in [0.4, 0.5) is 5.69 Å². The summed E-state index contributed by atoms with van der Waals surface area (Å²) in [6.07, 6.45) is 1.68. The van der Waals surface area contributed by atoms with Gasteiger partial charge in [0.15, 0.2) is 11.4 Å². The minimum Gasteiger partial charge on any atom is -0.375 e. The molecule has 1 heterocycles. The Bertz CT molecular complexity index is 1150. The number of hydrogen-bond acceptors (Lipinski definition) is 3. The van der Waals surface area contributed by atoms with Crippen molar-refractivity contribution in [3.8, 4) is 0 Å². The molecule has 3 aromatic rings. The molecule has 0 saturated heterocycles. The molecule has 1 atom stereocenters. The third-order valence-electron chi connectivity index (χ3n) is 5.99. The number of carbonyl (C=O) groups is 2. The third kappa shape index (κ3) is 4.27. The van der Waals surface area contributed by atoms with Gasteiger partial charge in [-0.1, -0.05) is 83.4 Å². The van der Waals surface area contributed by atoms with Crippen molar-refractivity contribution in [2.75, 3.05) is 4.90 Å². The van der Waals surface area contributed by atoms with Crippen molar-refractivity contribution in [1.82, 2.24) is 0 Å². The van der Waals surface area contributed by atoms with Crippen LogP contribution in [0.3, 0.4) is 0 Å². The maximum Gasteiger partial charge on any atom is 0.264 e. The standard InChI is InChI=1S/C27H26BrNO3/c1-3-4-19-9-11-21(12-10-19)25(30)16-27(32)23-15-22(28)13-14-24(23)29(26(27)31)17-20-7-5-18(2)6-8-20/h5-15,32H,3-4,16-17H2,1-2H3. The highest BCUT2D eigenvalue weighted by atomic mass is 79.9. The molecule has 3 aromatic carbocycles. The SMILES string of the molecule is CCCc1ccc(C(=O)CC2(O)C(=O)N(Cc3ccc(C)cc3)c3ccc(Br)cc32)cc1. The van der Waals surface area contributed by atoms with Crippen molar-refractivity contribution in [3.05, 3.63) is 99.0 Å². The lowest BCUT2D eigenvalue weighted by Gasteiger charge is -2.23. The number of hydrogen-bond donors (Lipinski definition) is 1. The highest BCUT2D eigenvalue weighted by Gasteiger charge is 2.51. The van der Waals surface area contributed by atoms with Gasteiger partial charge in [0, 0.05) is 15.6 Å². The summed E-state index contributed by atoms with van der Waals surface area (Å²) < 4.78 is 0.746. The van der Waals surface area contributed by atoms with Crippen molar-refractivity contribution in [2.45, 2.75) is 45.3 Å². The average molecular weight is 492 g/mol. The summed E-state index contributed by atoms with van der Waals surface area (Å²) in [4.78, 5) is 28.1. The van der Waals surface area contributed by atoms with E-state index >= 15 is 0 Å². The molecule has 1 aliphatic rings. The first-order valence-electron chi connectivity index (χ1n) is 10.8. The molecule has 1 unspecified atom stereocenters. The number of benzene rings is 3. The number of aliphatic hydroxyl groups is 1. The van der Waals surface area contributed by atoms with E-state index in [1.54, 1.807) is 23.1 Å². The summed E-state index contributed by atoms with van der Waals surface area (Å²) in [5.41, 5.74) is 2.95. The fourth-order valence-electron chi connectivity index (χ4n) is 4.21. The van der Waals surface area contributed by atoms with Gasteiger partial charge in [-0.2, -0.15) is 0 Å². The van der Waals surface area contributed by atoms with Crippen LogP contribution in [0, 0.1) is 6.92 Å². The van der Waals surface area contributed by atoms with Gasteiger partial charge in [0.1, 0.15) is 0 Å². The molecule has 0 spiro atoms. The van der Waals surface area contributed by atoms with Gasteiger partial charge in [-0.25, -0.2) is 0 Å². The Labute approximate surface area is 197 Å². The van der Waals surface area contributed by atoms with Gasteiger partial charge in [0.05, 0.1) is 18.7 Å². The normalized spacial score (nSPS) is 17.5. The zero-order valence-electron chi connectivity index (χ0n) is 18.3. The topological polar surface area (TPSA) is 57.6 Å². The molecule has 1 amide bonds. The Morgan fingerprint density at radius 1 is 1.00 bits per heavy atom. The first-order chi connectivity index (χ1) is 15.3. The number of nitrogens with zero attached hydrogens (tertiary/aromatic N) is 1. The van der Waals surface area contributed by atoms with E-state index in [4.69, 9.17) is 0 Å². The second kappa shape index (κ2) is 9.00. The van der Waals surface area contributed by atoms with E-state index < -0.39 is 11.5 Å². The molecule has 0 bridgehead atoms. The lowest BCUT2D eigenvalue weighted by atomic mass is 9.88. The quantitative estimate of drug-likeness (QED) is 0.430. The van der Waals surface area contributed by atoms with Crippen LogP contribution in [0.1, 0.15) is 52.4 Å². The van der Waals surface area contributed by atoms with Crippen LogP contribution in [0.15, 0.2) is 71.2 Å². The number of amides is 1. The van der Waals surface area contributed by atoms with Crippen LogP contribution >= 0.6 is 15.9 Å². The van der Waals surface area contributed by atoms with E-state index in [-0.39, 0.29) is 12.2 Å². The number of ketones is 1. The first kappa shape index (κ1) is 22.4. The molecule has 5 heteroatoms. The number of Topliss-reactive ketones (excluding diaryl/α,β-unsaturated/α-hetero) is 1. The maximum absolute atomic E-state index is 13.5. The molecule has 0 radical (unpaired) electrons. The van der Waals surface area contributed by atoms with E-state index in [1.807, 2.05) is 55.5 Å². The number of aryl methyl sites for hydroxylation is 2. The van der Waals surface area contributed by atoms with E-state index in [0.717, 1.165) is 28.4 Å². The lowest BCUT2D eigenvalue weighted by Crippen LogP contribution is -2.41. The molecule has 32 heavy (non-hydrogen) atoms. The van der Waals surface area contributed by atoms with Crippen molar-refractivity contribution < 1.29 is 14.7 Å². The van der Waals surface area contributed by atoms with Gasteiger partial charge in [-0.3, -0.25) is 9.59 Å². The van der Waals surface area contributed by atoms with Crippen LogP contribution in [-0.4, -0.2) is 16.8 Å². The first-order valence-corrected chi connectivity index (χ1v) is 11.6. The molecule has 1 N–H and O–H groups in total. The highest BCUT2D eigenvalue weighted by Crippen LogP contribution is 2.44. The molecule has 164 valence electrons. The van der Waals surface area contributed by atoms with Crippen LogP contribution < -0.4 is 4.90 Å². The lowest BCUT2D eigenvalue weighted by molar-refractivity contribution is -0.136. The van der Waals surface area contributed by atoms with Gasteiger partial charge in [-0.15, -0.1) is 0 Å². The summed E-state index contributed by atoms with van der Waals surface area (Å²) in [6, 6.07) is 20.8. The van der Waals surface area contributed by atoms with Crippen LogP contribution in [0.5, 0.6) is 0 Å². The summed E-state index contributed by atoms with van der Waals surface area (Å²) >= 11 is 3.44. The molecule has 4 rings (SSSR count). The molecule has 0 aromatic heterocycles. The zero-order valence-corrected chi connectivity index (χ0v) is 19.9. The average Bonchev–Trinajstić information content (AvgIpc) is 2.97. The Morgan fingerprint density at radius 3 is 2.31 bits per heavy atom. The number of halogens is 1. The van der Waals surface area contributed by atoms with E-state index in [1.165, 1.54) is 5.56 Å². The van der Waals surface area contributed by atoms with E-state index in [9.17, 15) is 14.7 Å². The van der Waals surface area contributed by atoms with Gasteiger partial charge < -0.3 is 10.0 Å².